The second kappa shape index (κ2) is 8.23. The number of hydrogen-bond donors (Lipinski definition) is 2. The van der Waals surface area contributed by atoms with Crippen molar-refractivity contribution >= 4 is 17.5 Å². The summed E-state index contributed by atoms with van der Waals surface area (Å²) in [7, 11) is 0. The largest absolute Gasteiger partial charge is 0.335 e. The number of anilines is 1. The van der Waals surface area contributed by atoms with Crippen LogP contribution in [0.5, 0.6) is 0 Å². The third-order valence-electron chi connectivity index (χ3n) is 4.03. The molecule has 0 aliphatic carbocycles. The van der Waals surface area contributed by atoms with Gasteiger partial charge in [0.25, 0.3) is 0 Å². The number of rotatable bonds is 4. The first-order valence-electron chi connectivity index (χ1n) is 8.38. The molecule has 6 heteroatoms. The monoisotopic (exact) mass is 363 g/mol. The van der Waals surface area contributed by atoms with Crippen molar-refractivity contribution in [3.8, 4) is 0 Å². The lowest BCUT2D eigenvalue weighted by Gasteiger charge is -2.18. The number of hydrogen-bond acceptors (Lipinski definition) is 3. The normalized spacial score (nSPS) is 11.5. The Balaban J connectivity index is 1.79. The molecule has 3 rings (SSSR count). The standard InChI is InChI=1S/C21H18FN3O2/c1-14-13-16(22)10-11-17(14)24-20(26)21(27)25-19(15-7-3-2-4-8-15)18-9-5-6-12-23-18/h2-13,19H,1H3,(H,24,26)(H,25,27). The minimum Gasteiger partial charge on any atom is -0.335 e. The van der Waals surface area contributed by atoms with Gasteiger partial charge in [-0.25, -0.2) is 4.39 Å². The third kappa shape index (κ3) is 4.55. The topological polar surface area (TPSA) is 71.1 Å². The molecule has 27 heavy (non-hydrogen) atoms. The molecule has 0 bridgehead atoms. The van der Waals surface area contributed by atoms with Crippen LogP contribution in [0.3, 0.4) is 0 Å². The number of amides is 2. The summed E-state index contributed by atoms with van der Waals surface area (Å²) in [4.78, 5) is 29.1. The van der Waals surface area contributed by atoms with E-state index in [2.05, 4.69) is 15.6 Å². The summed E-state index contributed by atoms with van der Waals surface area (Å²) in [6.45, 7) is 1.65. The maximum Gasteiger partial charge on any atom is 0.313 e. The predicted molar refractivity (Wildman–Crippen MR) is 100 cm³/mol. The van der Waals surface area contributed by atoms with Crippen molar-refractivity contribution in [3.05, 3.63) is 95.6 Å². The Morgan fingerprint density at radius 3 is 2.37 bits per heavy atom. The smallest absolute Gasteiger partial charge is 0.313 e. The molecule has 0 saturated heterocycles. The number of aryl methyl sites for hydroxylation is 1. The van der Waals surface area contributed by atoms with Gasteiger partial charge in [-0.05, 0) is 48.4 Å². The summed E-state index contributed by atoms with van der Waals surface area (Å²) in [5, 5.41) is 5.22. The molecule has 3 aromatic rings. The van der Waals surface area contributed by atoms with E-state index < -0.39 is 23.7 Å². The van der Waals surface area contributed by atoms with Gasteiger partial charge in [-0.15, -0.1) is 0 Å². The maximum atomic E-state index is 13.2. The Kier molecular flexibility index (Phi) is 5.56. The molecule has 1 aromatic heterocycles. The van der Waals surface area contributed by atoms with Gasteiger partial charge in [-0.1, -0.05) is 36.4 Å². The molecule has 136 valence electrons. The lowest BCUT2D eigenvalue weighted by Crippen LogP contribution is -2.38. The Morgan fingerprint density at radius 2 is 1.70 bits per heavy atom. The fourth-order valence-corrected chi connectivity index (χ4v) is 2.66. The Labute approximate surface area is 156 Å². The highest BCUT2D eigenvalue weighted by atomic mass is 19.1. The van der Waals surface area contributed by atoms with Crippen molar-refractivity contribution in [2.75, 3.05) is 5.32 Å². The van der Waals surface area contributed by atoms with Crippen LogP contribution >= 0.6 is 0 Å². The molecular weight excluding hydrogens is 345 g/mol. The molecule has 2 aromatic carbocycles. The zero-order chi connectivity index (χ0) is 19.2. The zero-order valence-electron chi connectivity index (χ0n) is 14.6. The van der Waals surface area contributed by atoms with E-state index in [1.165, 1.54) is 18.2 Å². The van der Waals surface area contributed by atoms with Gasteiger partial charge >= 0.3 is 11.8 Å². The molecule has 2 amide bonds. The van der Waals surface area contributed by atoms with E-state index in [1.807, 2.05) is 36.4 Å². The summed E-state index contributed by atoms with van der Waals surface area (Å²) in [6.07, 6.45) is 1.62. The number of carbonyl (C=O) groups is 2. The summed E-state index contributed by atoms with van der Waals surface area (Å²) >= 11 is 0. The van der Waals surface area contributed by atoms with Gasteiger partial charge in [0.2, 0.25) is 0 Å². The van der Waals surface area contributed by atoms with Crippen LogP contribution in [0.4, 0.5) is 10.1 Å². The van der Waals surface area contributed by atoms with E-state index >= 15 is 0 Å². The van der Waals surface area contributed by atoms with Gasteiger partial charge in [0, 0.05) is 11.9 Å². The predicted octanol–water partition coefficient (Wildman–Crippen LogP) is 3.37. The van der Waals surface area contributed by atoms with E-state index in [0.29, 0.717) is 16.9 Å². The van der Waals surface area contributed by atoms with Crippen LogP contribution in [-0.2, 0) is 9.59 Å². The molecule has 2 N–H and O–H groups in total. The summed E-state index contributed by atoms with van der Waals surface area (Å²) < 4.78 is 13.2. The van der Waals surface area contributed by atoms with Gasteiger partial charge in [0.05, 0.1) is 11.7 Å². The van der Waals surface area contributed by atoms with Crippen LogP contribution in [0.25, 0.3) is 0 Å². The summed E-state index contributed by atoms with van der Waals surface area (Å²) in [5.74, 6) is -2.05. The second-order valence-corrected chi connectivity index (χ2v) is 5.99. The Morgan fingerprint density at radius 1 is 0.963 bits per heavy atom. The van der Waals surface area contributed by atoms with Crippen molar-refractivity contribution in [3.63, 3.8) is 0 Å². The van der Waals surface area contributed by atoms with Gasteiger partial charge in [0.15, 0.2) is 0 Å². The van der Waals surface area contributed by atoms with Crippen LogP contribution in [0.1, 0.15) is 22.9 Å². The Bertz CT molecular complexity index is 907. The average molecular weight is 363 g/mol. The van der Waals surface area contributed by atoms with Crippen LogP contribution in [0.15, 0.2) is 72.9 Å². The molecule has 1 atom stereocenters. The number of benzene rings is 2. The number of pyridine rings is 1. The van der Waals surface area contributed by atoms with E-state index in [0.717, 1.165) is 5.56 Å². The minimum atomic E-state index is -0.832. The van der Waals surface area contributed by atoms with Crippen molar-refractivity contribution in [2.45, 2.75) is 13.0 Å². The number of halogens is 1. The van der Waals surface area contributed by atoms with Gasteiger partial charge in [-0.3, -0.25) is 14.6 Å². The molecule has 0 fully saturated rings. The first-order valence-corrected chi connectivity index (χ1v) is 8.38. The minimum absolute atomic E-state index is 0.380. The number of nitrogens with one attached hydrogen (secondary N) is 2. The van der Waals surface area contributed by atoms with E-state index in [-0.39, 0.29) is 0 Å². The molecule has 1 unspecified atom stereocenters. The van der Waals surface area contributed by atoms with Crippen LogP contribution in [0.2, 0.25) is 0 Å². The molecule has 0 saturated carbocycles. The van der Waals surface area contributed by atoms with Crippen molar-refractivity contribution in [1.29, 1.82) is 0 Å². The van der Waals surface area contributed by atoms with Crippen molar-refractivity contribution in [2.24, 2.45) is 0 Å². The lowest BCUT2D eigenvalue weighted by atomic mass is 10.0. The number of carbonyl (C=O) groups excluding carboxylic acids is 2. The first kappa shape index (κ1) is 18.3. The highest BCUT2D eigenvalue weighted by Crippen LogP contribution is 2.20. The lowest BCUT2D eigenvalue weighted by molar-refractivity contribution is -0.136. The third-order valence-corrected chi connectivity index (χ3v) is 4.03. The van der Waals surface area contributed by atoms with Crippen LogP contribution in [-0.4, -0.2) is 16.8 Å². The van der Waals surface area contributed by atoms with Gasteiger partial charge < -0.3 is 10.6 Å². The van der Waals surface area contributed by atoms with Crippen LogP contribution < -0.4 is 10.6 Å². The molecular formula is C21H18FN3O2. The fourth-order valence-electron chi connectivity index (χ4n) is 2.66. The molecule has 0 radical (unpaired) electrons. The van der Waals surface area contributed by atoms with E-state index in [1.54, 1.807) is 25.3 Å². The van der Waals surface area contributed by atoms with E-state index in [4.69, 9.17) is 0 Å². The molecule has 0 aliphatic rings. The van der Waals surface area contributed by atoms with Gasteiger partial charge in [-0.2, -0.15) is 0 Å². The fraction of sp³-hybridized carbons (Fsp3) is 0.0952. The van der Waals surface area contributed by atoms with E-state index in [9.17, 15) is 14.0 Å². The van der Waals surface area contributed by atoms with Gasteiger partial charge in [0.1, 0.15) is 5.82 Å². The highest BCUT2D eigenvalue weighted by molar-refractivity contribution is 6.39. The van der Waals surface area contributed by atoms with Crippen molar-refractivity contribution in [1.82, 2.24) is 10.3 Å². The van der Waals surface area contributed by atoms with Crippen molar-refractivity contribution < 1.29 is 14.0 Å². The Hall–Kier alpha value is -3.54. The summed E-state index contributed by atoms with van der Waals surface area (Å²) in [6, 6.07) is 18.0. The van der Waals surface area contributed by atoms with Crippen LogP contribution in [0, 0.1) is 12.7 Å². The SMILES string of the molecule is Cc1cc(F)ccc1NC(=O)C(=O)NC(c1ccccc1)c1ccccn1. The average Bonchev–Trinajstić information content (AvgIpc) is 2.69. The molecule has 0 spiro atoms. The molecule has 5 nitrogen and oxygen atoms in total. The second-order valence-electron chi connectivity index (χ2n) is 5.99. The highest BCUT2D eigenvalue weighted by Gasteiger charge is 2.22. The zero-order valence-corrected chi connectivity index (χ0v) is 14.6. The summed E-state index contributed by atoms with van der Waals surface area (Å²) in [5.41, 5.74) is 2.32. The first-order chi connectivity index (χ1) is 13.0. The molecule has 0 aliphatic heterocycles. The number of nitrogens with zero attached hydrogens (tertiary/aromatic N) is 1. The number of aromatic nitrogens is 1. The molecule has 1 heterocycles. The quantitative estimate of drug-likeness (QED) is 0.698. The maximum absolute atomic E-state index is 13.2.